The van der Waals surface area contributed by atoms with E-state index >= 15 is 0 Å². The average molecular weight is 737 g/mol. The van der Waals surface area contributed by atoms with Crippen LogP contribution in [0.15, 0.2) is 80.2 Å². The van der Waals surface area contributed by atoms with E-state index in [-0.39, 0.29) is 11.6 Å². The van der Waals surface area contributed by atoms with E-state index < -0.39 is 5.91 Å². The first-order chi connectivity index (χ1) is 26.6. The number of fused-ring (bicyclic) bond motifs is 4. The first kappa shape index (κ1) is 35.3. The molecule has 0 aromatic carbocycles. The minimum absolute atomic E-state index is 0.254. The van der Waals surface area contributed by atoms with Crippen LogP contribution >= 0.6 is 0 Å². The zero-order valence-corrected chi connectivity index (χ0v) is 31.7. The number of nitrogens with zero attached hydrogens (tertiary/aromatic N) is 10. The van der Waals surface area contributed by atoms with Crippen molar-refractivity contribution in [3.05, 3.63) is 91.3 Å². The molecular formula is C40H44N14O. The van der Waals surface area contributed by atoms with Crippen LogP contribution in [-0.4, -0.2) is 74.3 Å². The van der Waals surface area contributed by atoms with Crippen molar-refractivity contribution in [1.29, 1.82) is 0 Å². The summed E-state index contributed by atoms with van der Waals surface area (Å²) in [6, 6.07) is 13.0. The fourth-order valence-electron chi connectivity index (χ4n) is 6.86. The molecule has 15 heteroatoms. The molecule has 8 aromatic rings. The number of nitrogens with two attached hydrogens (primary N) is 1. The molecule has 1 fully saturated rings. The highest BCUT2D eigenvalue weighted by atomic mass is 16.1. The van der Waals surface area contributed by atoms with Crippen molar-refractivity contribution in [2.45, 2.75) is 58.7 Å². The predicted molar refractivity (Wildman–Crippen MR) is 217 cm³/mol. The quantitative estimate of drug-likeness (QED) is 0.120. The van der Waals surface area contributed by atoms with Crippen LogP contribution in [-0.2, 0) is 0 Å². The average Bonchev–Trinajstić information content (AvgIpc) is 3.53. The third kappa shape index (κ3) is 6.26. The maximum Gasteiger partial charge on any atom is 0.254 e. The zero-order valence-electron chi connectivity index (χ0n) is 31.7. The molecule has 0 bridgehead atoms. The second kappa shape index (κ2) is 13.9. The van der Waals surface area contributed by atoms with Crippen LogP contribution in [0.1, 0.15) is 68.5 Å². The van der Waals surface area contributed by atoms with Gasteiger partial charge in [-0.3, -0.25) is 4.79 Å². The Balaban J connectivity index is 0.000000156. The van der Waals surface area contributed by atoms with E-state index in [9.17, 15) is 4.79 Å². The highest BCUT2D eigenvalue weighted by molar-refractivity contribution is 6.00. The van der Waals surface area contributed by atoms with Crippen molar-refractivity contribution in [3.8, 4) is 22.5 Å². The van der Waals surface area contributed by atoms with Crippen LogP contribution in [0.25, 0.3) is 61.6 Å². The smallest absolute Gasteiger partial charge is 0.254 e. The van der Waals surface area contributed by atoms with Crippen LogP contribution in [0.3, 0.4) is 0 Å². The summed E-state index contributed by atoms with van der Waals surface area (Å²) in [6.07, 6.45) is 13.5. The van der Waals surface area contributed by atoms with Crippen LogP contribution in [0.5, 0.6) is 0 Å². The normalized spacial score (nSPS) is 12.9. The van der Waals surface area contributed by atoms with Crippen molar-refractivity contribution in [1.82, 2.24) is 53.6 Å². The summed E-state index contributed by atoms with van der Waals surface area (Å²) in [6.45, 7) is 12.8. The molecule has 9 rings (SSSR count). The second-order valence-electron chi connectivity index (χ2n) is 14.2. The minimum Gasteiger partial charge on any atom is -0.382 e. The molecule has 0 aliphatic heterocycles. The molecule has 55 heavy (non-hydrogen) atoms. The summed E-state index contributed by atoms with van der Waals surface area (Å²) in [4.78, 5) is 30.5. The lowest BCUT2D eigenvalue weighted by atomic mass is 10.1. The van der Waals surface area contributed by atoms with Crippen LogP contribution in [0.4, 0.5) is 11.6 Å². The Morgan fingerprint density at radius 3 is 1.67 bits per heavy atom. The van der Waals surface area contributed by atoms with Crippen molar-refractivity contribution in [2.24, 2.45) is 5.73 Å². The molecule has 1 aliphatic rings. The monoisotopic (exact) mass is 736 g/mol. The number of hydrogen-bond donors (Lipinski definition) is 4. The standard InChI is InChI=1S/C22H25N7.C18H19N7O/c1-13(2)28-12-18(16-6-5-9-24-21(16)28)19-10-20(23-4)29-22(27-19)17(11-25-29)14(3)26-15-7-8-15;1-10(2)24-9-13(11-5-4-6-21-17(11)24)14-7-15(20-3)25-18(23-14)12(8-22-25)16(19)26/h5-6,9-13,15,23,26H,3,7-8H2,1-2,4H3;4-10,20H,1-3H3,(H2,19,26). The molecule has 1 saturated carbocycles. The number of hydrogen-bond acceptors (Lipinski definition) is 10. The number of pyridine rings is 2. The third-order valence-corrected chi connectivity index (χ3v) is 9.85. The minimum atomic E-state index is -0.557. The molecule has 1 amide bonds. The summed E-state index contributed by atoms with van der Waals surface area (Å²) >= 11 is 0. The van der Waals surface area contributed by atoms with Gasteiger partial charge in [-0.2, -0.15) is 19.2 Å². The predicted octanol–water partition coefficient (Wildman–Crippen LogP) is 6.56. The lowest BCUT2D eigenvalue weighted by Gasteiger charge is -2.10. The molecular weight excluding hydrogens is 693 g/mol. The van der Waals surface area contributed by atoms with Gasteiger partial charge in [-0.15, -0.1) is 0 Å². The van der Waals surface area contributed by atoms with Crippen LogP contribution < -0.4 is 21.7 Å². The number of primary amides is 1. The molecule has 280 valence electrons. The highest BCUT2D eigenvalue weighted by Gasteiger charge is 2.24. The molecule has 0 unspecified atom stereocenters. The van der Waals surface area contributed by atoms with Crippen molar-refractivity contribution >= 4 is 56.6 Å². The zero-order chi connectivity index (χ0) is 38.5. The topological polar surface area (TPSA) is 175 Å². The molecule has 15 nitrogen and oxygen atoms in total. The number of carbonyl (C=O) groups excluding carboxylic acids is 1. The van der Waals surface area contributed by atoms with Gasteiger partial charge in [-0.1, -0.05) is 6.58 Å². The summed E-state index contributed by atoms with van der Waals surface area (Å²) in [5, 5.41) is 20.7. The Hall–Kier alpha value is -6.77. The Labute approximate surface area is 317 Å². The number of aromatic nitrogens is 10. The SMILES string of the molecule is C=C(NC1CC1)c1cnn2c(NC)cc(-c3cn(C(C)C)c4ncccc34)nc12.CNc1cc(-c2cn(C(C)C)c3ncccc23)nc2c(C(N)=O)cnn12. The number of amides is 1. The number of anilines is 2. The van der Waals surface area contributed by atoms with E-state index in [0.29, 0.717) is 23.5 Å². The first-order valence-corrected chi connectivity index (χ1v) is 18.4. The van der Waals surface area contributed by atoms with Gasteiger partial charge in [-0.25, -0.2) is 19.9 Å². The van der Waals surface area contributed by atoms with E-state index in [1.54, 1.807) is 17.8 Å². The summed E-state index contributed by atoms with van der Waals surface area (Å²) in [5.74, 6) is 1.04. The third-order valence-electron chi connectivity index (χ3n) is 9.85. The Morgan fingerprint density at radius 2 is 1.24 bits per heavy atom. The van der Waals surface area contributed by atoms with Gasteiger partial charge < -0.3 is 30.8 Å². The maximum atomic E-state index is 11.7. The van der Waals surface area contributed by atoms with Gasteiger partial charge in [0.1, 0.15) is 28.5 Å². The Morgan fingerprint density at radius 1 is 0.764 bits per heavy atom. The van der Waals surface area contributed by atoms with E-state index in [0.717, 1.165) is 67.3 Å². The van der Waals surface area contributed by atoms with Crippen LogP contribution in [0.2, 0.25) is 0 Å². The lowest BCUT2D eigenvalue weighted by molar-refractivity contribution is 0.100. The van der Waals surface area contributed by atoms with E-state index in [1.807, 2.05) is 60.5 Å². The van der Waals surface area contributed by atoms with E-state index in [4.69, 9.17) is 10.7 Å². The van der Waals surface area contributed by atoms with Gasteiger partial charge >= 0.3 is 0 Å². The fraction of sp³-hybridized carbons (Fsp3) is 0.275. The molecule has 0 radical (unpaired) electrons. The second-order valence-corrected chi connectivity index (χ2v) is 14.2. The van der Waals surface area contributed by atoms with Crippen LogP contribution in [0, 0.1) is 0 Å². The summed E-state index contributed by atoms with van der Waals surface area (Å²) < 4.78 is 7.71. The van der Waals surface area contributed by atoms with Gasteiger partial charge in [-0.05, 0) is 64.8 Å². The van der Waals surface area contributed by atoms with Gasteiger partial charge in [0.25, 0.3) is 5.91 Å². The van der Waals surface area contributed by atoms with Crippen molar-refractivity contribution < 1.29 is 4.79 Å². The first-order valence-electron chi connectivity index (χ1n) is 18.4. The molecule has 8 heterocycles. The van der Waals surface area contributed by atoms with Gasteiger partial charge in [0.05, 0.1) is 29.3 Å². The molecule has 0 spiro atoms. The van der Waals surface area contributed by atoms with Crippen molar-refractivity contribution in [2.75, 3.05) is 24.7 Å². The summed E-state index contributed by atoms with van der Waals surface area (Å²) in [7, 11) is 3.69. The summed E-state index contributed by atoms with van der Waals surface area (Å²) in [5.41, 5.74) is 14.3. The van der Waals surface area contributed by atoms with E-state index in [1.165, 1.54) is 19.0 Å². The molecule has 0 saturated heterocycles. The maximum absolute atomic E-state index is 11.7. The van der Waals surface area contributed by atoms with Gasteiger partial charge in [0.15, 0.2) is 11.3 Å². The number of nitrogens with one attached hydrogen (secondary N) is 3. The molecule has 1 aliphatic carbocycles. The Bertz CT molecular complexity index is 2740. The molecule has 8 aromatic heterocycles. The fourth-order valence-corrected chi connectivity index (χ4v) is 6.86. The molecule has 5 N–H and O–H groups in total. The number of rotatable bonds is 10. The largest absolute Gasteiger partial charge is 0.382 e. The van der Waals surface area contributed by atoms with Gasteiger partial charge in [0.2, 0.25) is 0 Å². The Kier molecular flexibility index (Phi) is 8.91. The van der Waals surface area contributed by atoms with E-state index in [2.05, 4.69) is 96.8 Å². The lowest BCUT2D eigenvalue weighted by Crippen LogP contribution is -2.13. The molecule has 0 atom stereocenters. The van der Waals surface area contributed by atoms with Gasteiger partial charge in [0, 0.05) is 96.7 Å². The van der Waals surface area contributed by atoms with Crippen molar-refractivity contribution in [3.63, 3.8) is 0 Å². The number of carbonyl (C=O) groups is 1. The highest BCUT2D eigenvalue weighted by Crippen LogP contribution is 2.35.